The number of hydrogen-bond acceptors (Lipinski definition) is 2. The number of amides is 1. The molecule has 0 radical (unpaired) electrons. The van der Waals surface area contributed by atoms with Crippen LogP contribution in [0.25, 0.3) is 0 Å². The lowest BCUT2D eigenvalue weighted by atomic mass is 10.2. The molecule has 0 bridgehead atoms. The molecule has 1 fully saturated rings. The topological polar surface area (TPSA) is 40.5 Å². The zero-order valence-corrected chi connectivity index (χ0v) is 10.0. The van der Waals surface area contributed by atoms with Gasteiger partial charge in [0.25, 0.3) is 0 Å². The van der Waals surface area contributed by atoms with E-state index in [4.69, 9.17) is 5.11 Å². The minimum absolute atomic E-state index is 0.180. The minimum Gasteiger partial charge on any atom is -0.465 e. The summed E-state index contributed by atoms with van der Waals surface area (Å²) >= 11 is 1.90. The maximum absolute atomic E-state index is 10.8. The molecule has 1 saturated heterocycles. The fourth-order valence-electron chi connectivity index (χ4n) is 1.85. The van der Waals surface area contributed by atoms with Crippen molar-refractivity contribution in [3.05, 3.63) is 12.7 Å². The van der Waals surface area contributed by atoms with Crippen molar-refractivity contribution in [1.82, 2.24) is 4.90 Å². The fourth-order valence-corrected chi connectivity index (χ4v) is 3.19. The summed E-state index contributed by atoms with van der Waals surface area (Å²) in [5.74, 6) is 1.11. The molecule has 15 heavy (non-hydrogen) atoms. The van der Waals surface area contributed by atoms with Crippen LogP contribution in [0, 0.1) is 0 Å². The van der Waals surface area contributed by atoms with Gasteiger partial charge >= 0.3 is 6.09 Å². The molecule has 1 rings (SSSR count). The van der Waals surface area contributed by atoms with Crippen molar-refractivity contribution in [2.45, 2.75) is 37.5 Å². The Morgan fingerprint density at radius 2 is 2.47 bits per heavy atom. The third kappa shape index (κ3) is 3.78. The first-order chi connectivity index (χ1) is 7.15. The quantitative estimate of drug-likeness (QED) is 0.582. The van der Waals surface area contributed by atoms with Gasteiger partial charge in [-0.25, -0.2) is 4.79 Å². The first kappa shape index (κ1) is 12.4. The first-order valence-corrected chi connectivity index (χ1v) is 6.42. The van der Waals surface area contributed by atoms with Crippen LogP contribution in [0.1, 0.15) is 26.2 Å². The Bertz CT molecular complexity index is 233. The van der Waals surface area contributed by atoms with Crippen molar-refractivity contribution in [3.63, 3.8) is 0 Å². The molecule has 0 saturated carbocycles. The smallest absolute Gasteiger partial charge is 0.407 e. The summed E-state index contributed by atoms with van der Waals surface area (Å²) in [7, 11) is 0. The summed E-state index contributed by atoms with van der Waals surface area (Å²) in [6.07, 6.45) is 4.34. The SMILES string of the molecule is C=CCCCS[C@H]1C[C@@H](C)N(C(=O)O)C1. The van der Waals surface area contributed by atoms with Crippen LogP contribution in [-0.4, -0.2) is 39.7 Å². The van der Waals surface area contributed by atoms with Crippen LogP contribution < -0.4 is 0 Å². The molecular weight excluding hydrogens is 210 g/mol. The van der Waals surface area contributed by atoms with Crippen LogP contribution in [0.4, 0.5) is 4.79 Å². The van der Waals surface area contributed by atoms with Crippen molar-refractivity contribution in [1.29, 1.82) is 0 Å². The Balaban J connectivity index is 2.23. The molecule has 1 N–H and O–H groups in total. The molecule has 0 aromatic carbocycles. The number of thioether (sulfide) groups is 1. The van der Waals surface area contributed by atoms with E-state index in [1.165, 1.54) is 0 Å². The van der Waals surface area contributed by atoms with Gasteiger partial charge in [-0.2, -0.15) is 11.8 Å². The van der Waals surface area contributed by atoms with Gasteiger partial charge in [0.2, 0.25) is 0 Å². The molecule has 0 aromatic rings. The third-order valence-corrected chi connectivity index (χ3v) is 4.03. The monoisotopic (exact) mass is 229 g/mol. The van der Waals surface area contributed by atoms with Gasteiger partial charge in [-0.15, -0.1) is 6.58 Å². The van der Waals surface area contributed by atoms with Crippen LogP contribution in [0.5, 0.6) is 0 Å². The van der Waals surface area contributed by atoms with Gasteiger partial charge in [0, 0.05) is 17.8 Å². The summed E-state index contributed by atoms with van der Waals surface area (Å²) in [5, 5.41) is 9.40. The lowest BCUT2D eigenvalue weighted by Crippen LogP contribution is -2.32. The van der Waals surface area contributed by atoms with E-state index in [0.29, 0.717) is 11.8 Å². The van der Waals surface area contributed by atoms with Crippen LogP contribution in [0.3, 0.4) is 0 Å². The largest absolute Gasteiger partial charge is 0.465 e. The summed E-state index contributed by atoms with van der Waals surface area (Å²) in [5.41, 5.74) is 0. The number of likely N-dealkylation sites (tertiary alicyclic amines) is 1. The summed E-state index contributed by atoms with van der Waals surface area (Å²) in [6.45, 7) is 6.36. The maximum atomic E-state index is 10.8. The molecule has 0 spiro atoms. The molecule has 1 heterocycles. The van der Waals surface area contributed by atoms with Gasteiger partial charge < -0.3 is 10.0 Å². The number of hydrogen-bond donors (Lipinski definition) is 1. The zero-order chi connectivity index (χ0) is 11.3. The van der Waals surface area contributed by atoms with E-state index >= 15 is 0 Å². The highest BCUT2D eigenvalue weighted by molar-refractivity contribution is 7.99. The predicted molar refractivity (Wildman–Crippen MR) is 64.5 cm³/mol. The number of carbonyl (C=O) groups is 1. The molecule has 2 atom stereocenters. The standard InChI is InChI=1S/C11H19NO2S/c1-3-4-5-6-15-10-7-9(2)12(8-10)11(13)14/h3,9-10H,1,4-8H2,2H3,(H,13,14)/t9-,10+/m1/s1. The Kier molecular flexibility index (Phi) is 5.02. The number of carboxylic acid groups (broad SMARTS) is 1. The second kappa shape index (κ2) is 6.05. The average molecular weight is 229 g/mol. The number of allylic oxidation sites excluding steroid dienone is 1. The molecular formula is C11H19NO2S. The highest BCUT2D eigenvalue weighted by Gasteiger charge is 2.32. The van der Waals surface area contributed by atoms with E-state index in [1.54, 1.807) is 4.90 Å². The first-order valence-electron chi connectivity index (χ1n) is 5.37. The molecule has 4 heteroatoms. The van der Waals surface area contributed by atoms with E-state index in [2.05, 4.69) is 6.58 Å². The second-order valence-corrected chi connectivity index (χ2v) is 5.35. The van der Waals surface area contributed by atoms with E-state index in [1.807, 2.05) is 24.8 Å². The zero-order valence-electron chi connectivity index (χ0n) is 9.19. The van der Waals surface area contributed by atoms with Crippen molar-refractivity contribution in [2.75, 3.05) is 12.3 Å². The van der Waals surface area contributed by atoms with E-state index in [0.717, 1.165) is 25.0 Å². The molecule has 1 amide bonds. The maximum Gasteiger partial charge on any atom is 0.407 e. The highest BCUT2D eigenvalue weighted by atomic mass is 32.2. The fraction of sp³-hybridized carbons (Fsp3) is 0.727. The highest BCUT2D eigenvalue weighted by Crippen LogP contribution is 2.27. The van der Waals surface area contributed by atoms with Crippen molar-refractivity contribution in [3.8, 4) is 0 Å². The number of rotatable bonds is 5. The van der Waals surface area contributed by atoms with Crippen LogP contribution >= 0.6 is 11.8 Å². The van der Waals surface area contributed by atoms with Gasteiger partial charge in [-0.3, -0.25) is 0 Å². The third-order valence-electron chi connectivity index (χ3n) is 2.69. The molecule has 1 aliphatic rings. The summed E-state index contributed by atoms with van der Waals surface area (Å²) in [4.78, 5) is 12.4. The molecule has 86 valence electrons. The lowest BCUT2D eigenvalue weighted by molar-refractivity contribution is 0.143. The average Bonchev–Trinajstić information content (AvgIpc) is 2.55. The molecule has 1 aliphatic heterocycles. The Morgan fingerprint density at radius 3 is 3.00 bits per heavy atom. The molecule has 0 aliphatic carbocycles. The van der Waals surface area contributed by atoms with Crippen LogP contribution in [0.15, 0.2) is 12.7 Å². The lowest BCUT2D eigenvalue weighted by Gasteiger charge is -2.16. The van der Waals surface area contributed by atoms with Gasteiger partial charge in [0.1, 0.15) is 0 Å². The minimum atomic E-state index is -0.781. The van der Waals surface area contributed by atoms with Gasteiger partial charge in [-0.1, -0.05) is 6.08 Å². The van der Waals surface area contributed by atoms with Crippen molar-refractivity contribution >= 4 is 17.9 Å². The molecule has 3 nitrogen and oxygen atoms in total. The van der Waals surface area contributed by atoms with Crippen LogP contribution in [0.2, 0.25) is 0 Å². The molecule has 0 aromatic heterocycles. The van der Waals surface area contributed by atoms with Crippen LogP contribution in [-0.2, 0) is 0 Å². The van der Waals surface area contributed by atoms with Gasteiger partial charge in [0.05, 0.1) is 0 Å². The second-order valence-electron chi connectivity index (χ2n) is 3.94. The van der Waals surface area contributed by atoms with Gasteiger partial charge in [-0.05, 0) is 31.9 Å². The number of unbranched alkanes of at least 4 members (excludes halogenated alkanes) is 1. The van der Waals surface area contributed by atoms with Crippen molar-refractivity contribution < 1.29 is 9.90 Å². The normalized spacial score (nSPS) is 25.5. The number of nitrogens with zero attached hydrogens (tertiary/aromatic N) is 1. The predicted octanol–water partition coefficient (Wildman–Crippen LogP) is 2.83. The summed E-state index contributed by atoms with van der Waals surface area (Å²) in [6, 6.07) is 0.180. The Morgan fingerprint density at radius 1 is 1.73 bits per heavy atom. The Hall–Kier alpha value is -0.640. The van der Waals surface area contributed by atoms with E-state index in [9.17, 15) is 4.79 Å². The van der Waals surface area contributed by atoms with E-state index in [-0.39, 0.29) is 6.04 Å². The van der Waals surface area contributed by atoms with Gasteiger partial charge in [0.15, 0.2) is 0 Å². The van der Waals surface area contributed by atoms with Crippen molar-refractivity contribution in [2.24, 2.45) is 0 Å². The molecule has 0 unspecified atom stereocenters. The van der Waals surface area contributed by atoms with E-state index < -0.39 is 6.09 Å². The Labute approximate surface area is 95.5 Å². The summed E-state index contributed by atoms with van der Waals surface area (Å²) < 4.78 is 0.